The molecule has 0 fully saturated rings. The van der Waals surface area contributed by atoms with Crippen LogP contribution < -0.4 is 10.9 Å². The molecule has 0 saturated heterocycles. The van der Waals surface area contributed by atoms with Crippen molar-refractivity contribution in [1.82, 2.24) is 14.8 Å². The highest BCUT2D eigenvalue weighted by Crippen LogP contribution is 2.05. The molecular weight excluding hydrogens is 232 g/mol. The summed E-state index contributed by atoms with van der Waals surface area (Å²) in [5.41, 5.74) is 1.85. The number of anilines is 1. The van der Waals surface area contributed by atoms with Crippen LogP contribution in [0.4, 0.5) is 5.69 Å². The second-order valence-electron chi connectivity index (χ2n) is 3.88. The van der Waals surface area contributed by atoms with Crippen LogP contribution in [0.15, 0.2) is 35.4 Å². The highest BCUT2D eigenvalue weighted by atomic mass is 16.5. The molecule has 0 aromatic carbocycles. The average molecular weight is 248 g/mol. The lowest BCUT2D eigenvalue weighted by atomic mass is 10.3. The Hall–Kier alpha value is -2.08. The molecule has 6 heteroatoms. The third-order valence-corrected chi connectivity index (χ3v) is 2.56. The van der Waals surface area contributed by atoms with Crippen molar-refractivity contribution in [2.45, 2.75) is 13.1 Å². The van der Waals surface area contributed by atoms with Gasteiger partial charge < -0.3 is 14.6 Å². The summed E-state index contributed by atoms with van der Waals surface area (Å²) < 4.78 is 6.59. The first-order chi connectivity index (χ1) is 8.79. The number of aromatic amines is 1. The van der Waals surface area contributed by atoms with E-state index in [9.17, 15) is 4.79 Å². The number of pyridine rings is 1. The summed E-state index contributed by atoms with van der Waals surface area (Å²) in [6.07, 6.45) is 3.49. The Morgan fingerprint density at radius 2 is 2.33 bits per heavy atom. The molecule has 0 aliphatic heterocycles. The summed E-state index contributed by atoms with van der Waals surface area (Å²) in [5, 5.41) is 9.96. The first kappa shape index (κ1) is 12.4. The van der Waals surface area contributed by atoms with Crippen molar-refractivity contribution in [2.24, 2.45) is 0 Å². The van der Waals surface area contributed by atoms with Crippen molar-refractivity contribution in [3.05, 3.63) is 46.6 Å². The Morgan fingerprint density at radius 1 is 1.44 bits per heavy atom. The van der Waals surface area contributed by atoms with E-state index in [4.69, 9.17) is 4.74 Å². The number of nitrogens with one attached hydrogen (secondary N) is 2. The predicted octanol–water partition coefficient (Wildman–Crippen LogP) is 0.830. The molecule has 0 spiro atoms. The van der Waals surface area contributed by atoms with Gasteiger partial charge in [0.1, 0.15) is 0 Å². The van der Waals surface area contributed by atoms with Gasteiger partial charge in [-0.25, -0.2) is 0 Å². The van der Waals surface area contributed by atoms with Gasteiger partial charge in [0.15, 0.2) is 0 Å². The van der Waals surface area contributed by atoms with E-state index in [0.29, 0.717) is 19.7 Å². The minimum Gasteiger partial charge on any atom is -0.383 e. The topological polar surface area (TPSA) is 71.9 Å². The summed E-state index contributed by atoms with van der Waals surface area (Å²) in [7, 11) is 1.62. The van der Waals surface area contributed by atoms with Gasteiger partial charge >= 0.3 is 0 Å². The molecule has 2 heterocycles. The number of hydrogen-bond donors (Lipinski definition) is 2. The van der Waals surface area contributed by atoms with Crippen LogP contribution in [0, 0.1) is 0 Å². The van der Waals surface area contributed by atoms with Crippen LogP contribution in [-0.4, -0.2) is 28.5 Å². The molecule has 0 atom stereocenters. The Kier molecular flexibility index (Phi) is 4.14. The van der Waals surface area contributed by atoms with E-state index in [2.05, 4.69) is 15.5 Å². The molecular formula is C12H16N4O2. The molecule has 2 aromatic rings. The maximum atomic E-state index is 11.6. The van der Waals surface area contributed by atoms with Crippen LogP contribution in [0.5, 0.6) is 0 Å². The Bertz CT molecular complexity index is 533. The molecule has 2 N–H and O–H groups in total. The number of H-pyrrole nitrogens is 1. The lowest BCUT2D eigenvalue weighted by Gasteiger charge is -2.09. The second-order valence-corrected chi connectivity index (χ2v) is 3.88. The van der Waals surface area contributed by atoms with E-state index in [-0.39, 0.29) is 5.56 Å². The fourth-order valence-electron chi connectivity index (χ4n) is 1.58. The van der Waals surface area contributed by atoms with Gasteiger partial charge in [0, 0.05) is 32.1 Å². The normalized spacial score (nSPS) is 10.5. The maximum absolute atomic E-state index is 11.6. The zero-order valence-electron chi connectivity index (χ0n) is 10.2. The van der Waals surface area contributed by atoms with Crippen LogP contribution in [0.1, 0.15) is 5.69 Å². The van der Waals surface area contributed by atoms with E-state index in [1.807, 2.05) is 6.07 Å². The Morgan fingerprint density at radius 3 is 3.06 bits per heavy atom. The number of aromatic nitrogens is 3. The molecule has 6 nitrogen and oxygen atoms in total. The number of nitrogens with zero attached hydrogens (tertiary/aromatic N) is 2. The SMILES string of the molecule is COCCn1cc(NCc2ccn[nH]2)ccc1=O. The highest BCUT2D eigenvalue weighted by molar-refractivity contribution is 5.40. The second kappa shape index (κ2) is 6.02. The van der Waals surface area contributed by atoms with E-state index in [0.717, 1.165) is 11.4 Å². The minimum absolute atomic E-state index is 0.0286. The van der Waals surface area contributed by atoms with Gasteiger partial charge in [0.2, 0.25) is 0 Å². The Balaban J connectivity index is 2.02. The molecule has 96 valence electrons. The van der Waals surface area contributed by atoms with Crippen molar-refractivity contribution in [3.63, 3.8) is 0 Å². The van der Waals surface area contributed by atoms with E-state index in [1.165, 1.54) is 0 Å². The van der Waals surface area contributed by atoms with Crippen molar-refractivity contribution < 1.29 is 4.74 Å². The van der Waals surface area contributed by atoms with Crippen LogP contribution in [0.2, 0.25) is 0 Å². The molecule has 18 heavy (non-hydrogen) atoms. The molecule has 0 amide bonds. The molecule has 2 aromatic heterocycles. The number of methoxy groups -OCH3 is 1. The van der Waals surface area contributed by atoms with Gasteiger partial charge in [-0.3, -0.25) is 9.89 Å². The summed E-state index contributed by atoms with van der Waals surface area (Å²) in [4.78, 5) is 11.6. The summed E-state index contributed by atoms with van der Waals surface area (Å²) in [6.45, 7) is 1.71. The van der Waals surface area contributed by atoms with Crippen molar-refractivity contribution in [1.29, 1.82) is 0 Å². The summed E-state index contributed by atoms with van der Waals surface area (Å²) in [5.74, 6) is 0. The van der Waals surface area contributed by atoms with Crippen molar-refractivity contribution in [2.75, 3.05) is 19.0 Å². The van der Waals surface area contributed by atoms with Gasteiger partial charge in [0.25, 0.3) is 5.56 Å². The third kappa shape index (κ3) is 3.21. The van der Waals surface area contributed by atoms with Gasteiger partial charge in [-0.1, -0.05) is 0 Å². The average Bonchev–Trinajstić information content (AvgIpc) is 2.89. The molecule has 0 saturated carbocycles. The van der Waals surface area contributed by atoms with Crippen molar-refractivity contribution >= 4 is 5.69 Å². The summed E-state index contributed by atoms with van der Waals surface area (Å²) in [6, 6.07) is 5.21. The largest absolute Gasteiger partial charge is 0.383 e. The zero-order valence-corrected chi connectivity index (χ0v) is 10.2. The molecule has 0 aliphatic carbocycles. The molecule has 0 aliphatic rings. The summed E-state index contributed by atoms with van der Waals surface area (Å²) >= 11 is 0. The van der Waals surface area contributed by atoms with Gasteiger partial charge in [-0.2, -0.15) is 5.10 Å². The lowest BCUT2D eigenvalue weighted by molar-refractivity contribution is 0.186. The first-order valence-corrected chi connectivity index (χ1v) is 5.71. The zero-order chi connectivity index (χ0) is 12.8. The molecule has 0 radical (unpaired) electrons. The molecule has 2 rings (SSSR count). The molecule has 0 bridgehead atoms. The predicted molar refractivity (Wildman–Crippen MR) is 68.5 cm³/mol. The monoisotopic (exact) mass is 248 g/mol. The number of rotatable bonds is 6. The van der Waals surface area contributed by atoms with Gasteiger partial charge in [-0.05, 0) is 12.1 Å². The molecule has 0 unspecified atom stereocenters. The van der Waals surface area contributed by atoms with E-state index >= 15 is 0 Å². The lowest BCUT2D eigenvalue weighted by Crippen LogP contribution is -2.21. The van der Waals surface area contributed by atoms with Crippen LogP contribution in [0.25, 0.3) is 0 Å². The van der Waals surface area contributed by atoms with Crippen molar-refractivity contribution in [3.8, 4) is 0 Å². The standard InChI is InChI=1S/C12H16N4O2/c1-18-7-6-16-9-11(2-3-12(16)17)13-8-10-4-5-14-15-10/h2-5,9,13H,6-8H2,1H3,(H,14,15). The van der Waals surface area contributed by atoms with Crippen LogP contribution in [0.3, 0.4) is 0 Å². The fraction of sp³-hybridized carbons (Fsp3) is 0.333. The smallest absolute Gasteiger partial charge is 0.250 e. The maximum Gasteiger partial charge on any atom is 0.250 e. The number of ether oxygens (including phenoxy) is 1. The van der Waals surface area contributed by atoms with Gasteiger partial charge in [-0.15, -0.1) is 0 Å². The van der Waals surface area contributed by atoms with Gasteiger partial charge in [0.05, 0.1) is 24.5 Å². The van der Waals surface area contributed by atoms with Crippen LogP contribution in [-0.2, 0) is 17.8 Å². The number of hydrogen-bond acceptors (Lipinski definition) is 4. The highest BCUT2D eigenvalue weighted by Gasteiger charge is 1.99. The minimum atomic E-state index is -0.0286. The quantitative estimate of drug-likeness (QED) is 0.794. The first-order valence-electron chi connectivity index (χ1n) is 5.71. The van der Waals surface area contributed by atoms with E-state index < -0.39 is 0 Å². The Labute approximate surface area is 105 Å². The third-order valence-electron chi connectivity index (χ3n) is 2.56. The van der Waals surface area contributed by atoms with Crippen LogP contribution >= 0.6 is 0 Å². The fourth-order valence-corrected chi connectivity index (χ4v) is 1.58. The van der Waals surface area contributed by atoms with E-state index in [1.54, 1.807) is 36.2 Å².